The highest BCUT2D eigenvalue weighted by atomic mass is 32.1. The zero-order valence-corrected chi connectivity index (χ0v) is 19.9. The van der Waals surface area contributed by atoms with Crippen molar-refractivity contribution in [2.75, 3.05) is 59.0 Å². The van der Waals surface area contributed by atoms with Gasteiger partial charge in [-0.2, -0.15) is 0 Å². The van der Waals surface area contributed by atoms with Gasteiger partial charge in [0.2, 0.25) is 0 Å². The number of morpholine rings is 1. The maximum Gasteiger partial charge on any atom is 0.191 e. The molecule has 2 unspecified atom stereocenters. The molecule has 2 aliphatic heterocycles. The van der Waals surface area contributed by atoms with Crippen LogP contribution in [-0.4, -0.2) is 80.8 Å². The minimum Gasteiger partial charge on any atom is -0.379 e. The van der Waals surface area contributed by atoms with Gasteiger partial charge in [0.15, 0.2) is 5.96 Å². The summed E-state index contributed by atoms with van der Waals surface area (Å²) < 4.78 is 5.54. The summed E-state index contributed by atoms with van der Waals surface area (Å²) in [5.74, 6) is 2.23. The second-order valence-corrected chi connectivity index (χ2v) is 9.92. The van der Waals surface area contributed by atoms with Crippen LogP contribution in [0.15, 0.2) is 22.5 Å². The average molecular weight is 436 g/mol. The number of likely N-dealkylation sites (tertiary alicyclic amines) is 1. The molecule has 1 aromatic rings. The van der Waals surface area contributed by atoms with Gasteiger partial charge in [0.1, 0.15) is 0 Å². The Balaban J connectivity index is 1.49. The van der Waals surface area contributed by atoms with Crippen LogP contribution in [0.4, 0.5) is 0 Å². The van der Waals surface area contributed by atoms with Gasteiger partial charge < -0.3 is 15.4 Å². The quantitative estimate of drug-likeness (QED) is 0.461. The van der Waals surface area contributed by atoms with Crippen LogP contribution in [0, 0.1) is 11.8 Å². The van der Waals surface area contributed by atoms with Crippen LogP contribution in [0.1, 0.15) is 38.5 Å². The summed E-state index contributed by atoms with van der Waals surface area (Å²) in [4.78, 5) is 11.6. The summed E-state index contributed by atoms with van der Waals surface area (Å²) in [5, 5.41) is 9.27. The van der Waals surface area contributed by atoms with E-state index in [-0.39, 0.29) is 0 Å². The third kappa shape index (κ3) is 7.52. The molecule has 30 heavy (non-hydrogen) atoms. The molecular formula is C23H41N5OS. The Labute approximate surface area is 187 Å². The molecule has 2 aliphatic rings. The van der Waals surface area contributed by atoms with Crippen LogP contribution in [0.2, 0.25) is 0 Å². The Kier molecular flexibility index (Phi) is 9.91. The molecule has 2 N–H and O–H groups in total. The lowest BCUT2D eigenvalue weighted by Crippen LogP contribution is -2.48. The highest BCUT2D eigenvalue weighted by Gasteiger charge is 2.24. The van der Waals surface area contributed by atoms with Crippen molar-refractivity contribution in [3.63, 3.8) is 0 Å². The number of rotatable bonds is 9. The molecule has 0 spiro atoms. The Morgan fingerprint density at radius 1 is 1.27 bits per heavy atom. The summed E-state index contributed by atoms with van der Waals surface area (Å²) in [6.45, 7) is 16.7. The Morgan fingerprint density at radius 3 is 2.80 bits per heavy atom. The second kappa shape index (κ2) is 12.6. The topological polar surface area (TPSA) is 52.1 Å². The van der Waals surface area contributed by atoms with E-state index in [2.05, 4.69) is 58.7 Å². The molecule has 7 heteroatoms. The summed E-state index contributed by atoms with van der Waals surface area (Å²) in [6.07, 6.45) is 2.59. The van der Waals surface area contributed by atoms with Crippen LogP contribution in [0.25, 0.3) is 0 Å². The van der Waals surface area contributed by atoms with Crippen molar-refractivity contribution in [2.24, 2.45) is 16.8 Å². The van der Waals surface area contributed by atoms with E-state index < -0.39 is 0 Å². The van der Waals surface area contributed by atoms with E-state index in [9.17, 15) is 0 Å². The number of nitrogens with one attached hydrogen (secondary N) is 2. The first-order valence-corrected chi connectivity index (χ1v) is 12.6. The molecule has 0 radical (unpaired) electrons. The molecule has 1 aromatic heterocycles. The van der Waals surface area contributed by atoms with Crippen molar-refractivity contribution in [3.05, 3.63) is 22.4 Å². The van der Waals surface area contributed by atoms with Crippen molar-refractivity contribution < 1.29 is 4.74 Å². The predicted octanol–water partition coefficient (Wildman–Crippen LogP) is 2.87. The number of ether oxygens (including phenoxy) is 1. The van der Waals surface area contributed by atoms with Crippen LogP contribution in [0.3, 0.4) is 0 Å². The summed E-state index contributed by atoms with van der Waals surface area (Å²) in [5.41, 5.74) is 0. The van der Waals surface area contributed by atoms with E-state index in [4.69, 9.17) is 9.73 Å². The van der Waals surface area contributed by atoms with Crippen molar-refractivity contribution in [1.29, 1.82) is 0 Å². The normalized spacial score (nSPS) is 22.9. The van der Waals surface area contributed by atoms with Crippen LogP contribution in [0.5, 0.6) is 0 Å². The zero-order valence-electron chi connectivity index (χ0n) is 19.1. The molecule has 2 fully saturated rings. The SMILES string of the molecule is CCNC(=NCC(C(C)C)N1CCOCC1)NCC1CCCN(Cc2cccs2)C1. The van der Waals surface area contributed by atoms with E-state index in [1.54, 1.807) is 0 Å². The fraction of sp³-hybridized carbons (Fsp3) is 0.783. The molecule has 3 heterocycles. The Morgan fingerprint density at radius 2 is 2.10 bits per heavy atom. The largest absolute Gasteiger partial charge is 0.379 e. The standard InChI is InChI=1S/C23H41N5OS/c1-4-24-23(26-16-22(19(2)3)28-10-12-29-13-11-28)25-15-20-7-5-9-27(17-20)18-21-8-6-14-30-21/h6,8,14,19-20,22H,4-5,7,9-13,15-18H2,1-3H3,(H2,24,25,26). The van der Waals surface area contributed by atoms with Gasteiger partial charge in [-0.25, -0.2) is 0 Å². The number of hydrogen-bond acceptors (Lipinski definition) is 5. The van der Waals surface area contributed by atoms with E-state index >= 15 is 0 Å². The van der Waals surface area contributed by atoms with E-state index in [1.165, 1.54) is 30.8 Å². The molecule has 0 amide bonds. The summed E-state index contributed by atoms with van der Waals surface area (Å²) in [7, 11) is 0. The molecule has 0 aromatic carbocycles. The number of nitrogens with zero attached hydrogens (tertiary/aromatic N) is 3. The lowest BCUT2D eigenvalue weighted by molar-refractivity contribution is 0.00867. The highest BCUT2D eigenvalue weighted by molar-refractivity contribution is 7.09. The molecule has 6 nitrogen and oxygen atoms in total. The maximum atomic E-state index is 5.54. The van der Waals surface area contributed by atoms with Crippen molar-refractivity contribution in [1.82, 2.24) is 20.4 Å². The van der Waals surface area contributed by atoms with Gasteiger partial charge in [-0.15, -0.1) is 11.3 Å². The fourth-order valence-electron chi connectivity index (χ4n) is 4.51. The number of piperidine rings is 1. The molecule has 170 valence electrons. The van der Waals surface area contributed by atoms with Crippen molar-refractivity contribution in [3.8, 4) is 0 Å². The highest BCUT2D eigenvalue weighted by Crippen LogP contribution is 2.20. The third-order valence-electron chi connectivity index (χ3n) is 6.19. The van der Waals surface area contributed by atoms with E-state index in [0.717, 1.165) is 58.4 Å². The van der Waals surface area contributed by atoms with Crippen molar-refractivity contribution >= 4 is 17.3 Å². The lowest BCUT2D eigenvalue weighted by Gasteiger charge is -2.36. The number of thiophene rings is 1. The first-order valence-electron chi connectivity index (χ1n) is 11.7. The van der Waals surface area contributed by atoms with Gasteiger partial charge in [-0.1, -0.05) is 19.9 Å². The molecule has 0 bridgehead atoms. The Hall–Kier alpha value is -1.15. The van der Waals surface area contributed by atoms with Crippen LogP contribution in [-0.2, 0) is 11.3 Å². The summed E-state index contributed by atoms with van der Waals surface area (Å²) >= 11 is 1.87. The number of aliphatic imine (C=N–C) groups is 1. The molecule has 0 aliphatic carbocycles. The van der Waals surface area contributed by atoms with Crippen molar-refractivity contribution in [2.45, 2.75) is 46.2 Å². The molecule has 3 rings (SSSR count). The summed E-state index contributed by atoms with van der Waals surface area (Å²) in [6, 6.07) is 4.88. The van der Waals surface area contributed by atoms with Gasteiger partial charge in [0, 0.05) is 50.2 Å². The minimum atomic E-state index is 0.473. The van der Waals surface area contributed by atoms with Gasteiger partial charge in [-0.05, 0) is 49.6 Å². The third-order valence-corrected chi connectivity index (χ3v) is 7.05. The molecule has 0 saturated carbocycles. The lowest BCUT2D eigenvalue weighted by atomic mass is 9.98. The van der Waals surface area contributed by atoms with Gasteiger partial charge in [-0.3, -0.25) is 14.8 Å². The van der Waals surface area contributed by atoms with Gasteiger partial charge in [0.05, 0.1) is 19.8 Å². The first kappa shape index (κ1) is 23.5. The minimum absolute atomic E-state index is 0.473. The maximum absolute atomic E-state index is 5.54. The van der Waals surface area contributed by atoms with Gasteiger partial charge >= 0.3 is 0 Å². The fourth-order valence-corrected chi connectivity index (χ4v) is 5.26. The smallest absolute Gasteiger partial charge is 0.191 e. The van der Waals surface area contributed by atoms with Crippen LogP contribution >= 0.6 is 11.3 Å². The molecular weight excluding hydrogens is 394 g/mol. The zero-order chi connectivity index (χ0) is 21.2. The molecule has 2 atom stereocenters. The number of hydrogen-bond donors (Lipinski definition) is 2. The predicted molar refractivity (Wildman–Crippen MR) is 127 cm³/mol. The second-order valence-electron chi connectivity index (χ2n) is 8.88. The van der Waals surface area contributed by atoms with E-state index in [0.29, 0.717) is 17.9 Å². The van der Waals surface area contributed by atoms with Gasteiger partial charge in [0.25, 0.3) is 0 Å². The Bertz CT molecular complexity index is 615. The van der Waals surface area contributed by atoms with Crippen LogP contribution < -0.4 is 10.6 Å². The molecule has 2 saturated heterocycles. The average Bonchev–Trinajstić information content (AvgIpc) is 3.26. The van der Waals surface area contributed by atoms with E-state index in [1.807, 2.05) is 11.3 Å². The number of guanidine groups is 1. The monoisotopic (exact) mass is 435 g/mol. The first-order chi connectivity index (χ1) is 14.7.